The van der Waals surface area contributed by atoms with Gasteiger partial charge in [-0.3, -0.25) is 9.79 Å². The normalized spacial score (nSPS) is 12.4. The topological polar surface area (TPSA) is 72.0 Å². The molecular weight excluding hydrogens is 294 g/mol. The monoisotopic (exact) mass is 321 g/mol. The van der Waals surface area contributed by atoms with Gasteiger partial charge in [0.2, 0.25) is 0 Å². The zero-order valence-electron chi connectivity index (χ0n) is 14.2. The average molecular weight is 321 g/mol. The van der Waals surface area contributed by atoms with Gasteiger partial charge in [-0.25, -0.2) is 0 Å². The molecule has 1 rings (SSSR count). The second kappa shape index (κ2) is 11.3. The van der Waals surface area contributed by atoms with E-state index in [0.29, 0.717) is 19.1 Å². The summed E-state index contributed by atoms with van der Waals surface area (Å²) in [6, 6.07) is 9.74. The lowest BCUT2D eigenvalue weighted by Crippen LogP contribution is -2.38. The van der Waals surface area contributed by atoms with E-state index in [1.54, 1.807) is 6.92 Å². The van der Waals surface area contributed by atoms with Crippen LogP contribution in [0.2, 0.25) is 0 Å². The van der Waals surface area contributed by atoms with E-state index in [9.17, 15) is 4.79 Å². The molecule has 128 valence electrons. The fourth-order valence-corrected chi connectivity index (χ4v) is 1.83. The van der Waals surface area contributed by atoms with E-state index in [1.807, 2.05) is 37.3 Å². The van der Waals surface area contributed by atoms with Crippen molar-refractivity contribution in [3.05, 3.63) is 30.3 Å². The number of nitrogens with zero attached hydrogens (tertiary/aromatic N) is 1. The predicted octanol–water partition coefficient (Wildman–Crippen LogP) is 1.82. The number of nitrogens with one attached hydrogen (secondary N) is 2. The molecule has 0 aliphatic heterocycles. The van der Waals surface area contributed by atoms with Crippen LogP contribution < -0.4 is 15.4 Å². The molecule has 0 heterocycles. The molecule has 0 bridgehead atoms. The van der Waals surface area contributed by atoms with Crippen LogP contribution in [-0.2, 0) is 9.53 Å². The van der Waals surface area contributed by atoms with Crippen LogP contribution in [-0.4, -0.2) is 45.3 Å². The number of carbonyl (C=O) groups excluding carboxylic acids is 1. The van der Waals surface area contributed by atoms with Crippen LogP contribution in [0.3, 0.4) is 0 Å². The lowest BCUT2D eigenvalue weighted by atomic mass is 10.2. The molecule has 0 saturated carbocycles. The highest BCUT2D eigenvalue weighted by atomic mass is 16.5. The Labute approximate surface area is 138 Å². The van der Waals surface area contributed by atoms with Gasteiger partial charge >= 0.3 is 5.97 Å². The lowest BCUT2D eigenvalue weighted by Gasteiger charge is -2.13. The molecule has 6 nitrogen and oxygen atoms in total. The van der Waals surface area contributed by atoms with Crippen molar-refractivity contribution in [2.75, 3.05) is 33.4 Å². The molecule has 1 aromatic carbocycles. The van der Waals surface area contributed by atoms with Crippen molar-refractivity contribution in [1.82, 2.24) is 10.6 Å². The van der Waals surface area contributed by atoms with Crippen molar-refractivity contribution >= 4 is 11.9 Å². The minimum absolute atomic E-state index is 0.249. The molecule has 0 spiro atoms. The van der Waals surface area contributed by atoms with Gasteiger partial charge in [0.15, 0.2) is 5.96 Å². The number of rotatable bonds is 9. The molecule has 2 N–H and O–H groups in total. The molecule has 0 radical (unpaired) electrons. The van der Waals surface area contributed by atoms with Gasteiger partial charge in [-0.05, 0) is 25.5 Å². The Balaban J connectivity index is 2.28. The van der Waals surface area contributed by atoms with Crippen molar-refractivity contribution in [3.8, 4) is 5.75 Å². The van der Waals surface area contributed by atoms with Crippen LogP contribution in [0, 0.1) is 5.92 Å². The number of ether oxygens (including phenoxy) is 2. The second-order valence-corrected chi connectivity index (χ2v) is 5.09. The van der Waals surface area contributed by atoms with E-state index in [1.165, 1.54) is 7.11 Å². The summed E-state index contributed by atoms with van der Waals surface area (Å²) in [5, 5.41) is 6.38. The summed E-state index contributed by atoms with van der Waals surface area (Å²) in [6.45, 7) is 6.33. The average Bonchev–Trinajstić information content (AvgIpc) is 2.59. The summed E-state index contributed by atoms with van der Waals surface area (Å²) in [5.41, 5.74) is 0. The van der Waals surface area contributed by atoms with E-state index in [-0.39, 0.29) is 11.9 Å². The quantitative estimate of drug-likeness (QED) is 0.314. The van der Waals surface area contributed by atoms with Crippen molar-refractivity contribution in [2.45, 2.75) is 20.3 Å². The van der Waals surface area contributed by atoms with E-state index in [4.69, 9.17) is 9.47 Å². The molecule has 1 atom stereocenters. The Morgan fingerprint density at radius 2 is 2.00 bits per heavy atom. The van der Waals surface area contributed by atoms with E-state index < -0.39 is 0 Å². The Morgan fingerprint density at radius 3 is 2.65 bits per heavy atom. The van der Waals surface area contributed by atoms with E-state index in [2.05, 4.69) is 15.6 Å². The molecular formula is C17H27N3O3. The van der Waals surface area contributed by atoms with Crippen LogP contribution >= 0.6 is 0 Å². The highest BCUT2D eigenvalue weighted by Crippen LogP contribution is 2.08. The van der Waals surface area contributed by atoms with Crippen molar-refractivity contribution < 1.29 is 14.3 Å². The molecule has 1 aromatic rings. The molecule has 0 fully saturated rings. The highest BCUT2D eigenvalue weighted by molar-refractivity contribution is 5.80. The number of benzene rings is 1. The van der Waals surface area contributed by atoms with Crippen LogP contribution in [0.5, 0.6) is 5.75 Å². The van der Waals surface area contributed by atoms with Gasteiger partial charge in [-0.15, -0.1) is 0 Å². The van der Waals surface area contributed by atoms with Crippen molar-refractivity contribution in [2.24, 2.45) is 10.9 Å². The Kier molecular flexibility index (Phi) is 9.28. The van der Waals surface area contributed by atoms with Gasteiger partial charge in [0.05, 0.1) is 26.2 Å². The number of esters is 1. The summed E-state index contributed by atoms with van der Waals surface area (Å²) in [5.74, 6) is 1.07. The number of aliphatic imine (C=N–C) groups is 1. The molecule has 0 amide bonds. The number of methoxy groups -OCH3 is 1. The Bertz CT molecular complexity index is 477. The van der Waals surface area contributed by atoms with E-state index in [0.717, 1.165) is 25.3 Å². The second-order valence-electron chi connectivity index (χ2n) is 5.09. The first-order valence-electron chi connectivity index (χ1n) is 7.95. The smallest absolute Gasteiger partial charge is 0.310 e. The summed E-state index contributed by atoms with van der Waals surface area (Å²) in [6.07, 6.45) is 0.853. The molecule has 0 saturated heterocycles. The highest BCUT2D eigenvalue weighted by Gasteiger charge is 2.12. The first-order valence-corrected chi connectivity index (χ1v) is 7.95. The molecule has 1 unspecified atom stereocenters. The van der Waals surface area contributed by atoms with Crippen LogP contribution in [0.1, 0.15) is 20.3 Å². The summed E-state index contributed by atoms with van der Waals surface area (Å²) in [4.78, 5) is 15.8. The van der Waals surface area contributed by atoms with Gasteiger partial charge < -0.3 is 20.1 Å². The van der Waals surface area contributed by atoms with Crippen molar-refractivity contribution in [1.29, 1.82) is 0 Å². The van der Waals surface area contributed by atoms with E-state index >= 15 is 0 Å². The SMILES string of the molecule is CCNC(=NCC(C)C(=O)OC)NCCCOc1ccccc1. The zero-order valence-corrected chi connectivity index (χ0v) is 14.2. The molecule has 23 heavy (non-hydrogen) atoms. The number of hydrogen-bond donors (Lipinski definition) is 2. The maximum Gasteiger partial charge on any atom is 0.310 e. The number of guanidine groups is 1. The number of carbonyl (C=O) groups is 1. The van der Waals surface area contributed by atoms with Gasteiger partial charge in [-0.2, -0.15) is 0 Å². The molecule has 0 aliphatic carbocycles. The fraction of sp³-hybridized carbons (Fsp3) is 0.529. The fourth-order valence-electron chi connectivity index (χ4n) is 1.83. The third-order valence-corrected chi connectivity index (χ3v) is 3.10. The molecule has 0 aliphatic rings. The number of hydrogen-bond acceptors (Lipinski definition) is 4. The lowest BCUT2D eigenvalue weighted by molar-refractivity contribution is -0.144. The maximum absolute atomic E-state index is 11.4. The standard InChI is InChI=1S/C17H27N3O3/c1-4-18-17(20-13-14(2)16(21)22-3)19-11-8-12-23-15-9-6-5-7-10-15/h5-7,9-10,14H,4,8,11-13H2,1-3H3,(H2,18,19,20). The first-order chi connectivity index (χ1) is 11.2. The molecule has 0 aromatic heterocycles. The Hall–Kier alpha value is -2.24. The minimum atomic E-state index is -0.253. The van der Waals surface area contributed by atoms with Crippen LogP contribution in [0.15, 0.2) is 35.3 Å². The first kappa shape index (κ1) is 18.8. The van der Waals surface area contributed by atoms with Gasteiger partial charge in [-0.1, -0.05) is 25.1 Å². The van der Waals surface area contributed by atoms with Gasteiger partial charge in [0.1, 0.15) is 5.75 Å². The minimum Gasteiger partial charge on any atom is -0.494 e. The number of para-hydroxylation sites is 1. The van der Waals surface area contributed by atoms with Crippen LogP contribution in [0.4, 0.5) is 0 Å². The van der Waals surface area contributed by atoms with Crippen molar-refractivity contribution in [3.63, 3.8) is 0 Å². The van der Waals surface area contributed by atoms with Crippen LogP contribution in [0.25, 0.3) is 0 Å². The largest absolute Gasteiger partial charge is 0.494 e. The summed E-state index contributed by atoms with van der Waals surface area (Å²) >= 11 is 0. The third kappa shape index (κ3) is 8.09. The van der Waals surface area contributed by atoms with Gasteiger partial charge in [0.25, 0.3) is 0 Å². The third-order valence-electron chi connectivity index (χ3n) is 3.10. The maximum atomic E-state index is 11.4. The van der Waals surface area contributed by atoms with Gasteiger partial charge in [0, 0.05) is 13.1 Å². The molecule has 6 heteroatoms. The summed E-state index contributed by atoms with van der Waals surface area (Å²) in [7, 11) is 1.39. The zero-order chi connectivity index (χ0) is 16.9. The summed E-state index contributed by atoms with van der Waals surface area (Å²) < 4.78 is 10.3. The predicted molar refractivity (Wildman–Crippen MR) is 91.7 cm³/mol. The Morgan fingerprint density at radius 1 is 1.26 bits per heavy atom.